The molecule has 0 aliphatic carbocycles. The van der Waals surface area contributed by atoms with Crippen molar-refractivity contribution in [1.29, 1.82) is 0 Å². The Bertz CT molecular complexity index is 2070. The van der Waals surface area contributed by atoms with E-state index >= 15 is 0 Å². The standard InChI is InChI=1S/C26H34N10O11P2S2.2Na/c27-26-33-21(29-4-5-37)15-23(34-26)36(10-32-15)25-19-16(38)12(44-25)7-42-48(40,50)46-18-13(8-43-49(41,51)47-19)45-24(17(18)39)35-6-11-2-1-3-28-20-14(11)22(35)31-9-30-20;;/h6,9-10,12-13,16-19,24-25,37-39H,1-5,7-8H2,(H,40,50)(H,41,51)(H,28,30,31)(H3,27,29,33,34);;/q;2*+1/p-2/t12-,13-,16-,17-,18-,19-,24-,25-,48?,49?;;/m1../s1. The first-order valence-corrected chi connectivity index (χ1v) is 20.9. The number of hydrogen-bond acceptors (Lipinski definition) is 21. The van der Waals surface area contributed by atoms with Gasteiger partial charge < -0.3 is 88.3 Å². The summed E-state index contributed by atoms with van der Waals surface area (Å²) in [5, 5.41) is 39.1. The zero-order chi connectivity index (χ0) is 35.7. The summed E-state index contributed by atoms with van der Waals surface area (Å²) in [6.07, 6.45) is -4.85. The van der Waals surface area contributed by atoms with Crippen molar-refractivity contribution in [3.8, 4) is 0 Å². The van der Waals surface area contributed by atoms with Crippen molar-refractivity contribution in [3.63, 3.8) is 0 Å². The summed E-state index contributed by atoms with van der Waals surface area (Å²) in [4.78, 5) is 21.5. The number of aromatic nitrogens is 7. The van der Waals surface area contributed by atoms with Gasteiger partial charge in [-0.15, -0.1) is 0 Å². The van der Waals surface area contributed by atoms with Crippen LogP contribution in [-0.4, -0.2) is 119 Å². The molecule has 4 aliphatic rings. The first-order chi connectivity index (χ1) is 24.4. The van der Waals surface area contributed by atoms with E-state index in [0.717, 1.165) is 23.9 Å². The largest absolute Gasteiger partial charge is 1.00 e. The molecule has 3 saturated heterocycles. The molecule has 7 N–H and O–H groups in total. The third-order valence-corrected chi connectivity index (χ3v) is 12.0. The van der Waals surface area contributed by atoms with Crippen molar-refractivity contribution in [2.75, 3.05) is 49.3 Å². The summed E-state index contributed by atoms with van der Waals surface area (Å²) < 4.78 is 65.2. The van der Waals surface area contributed by atoms with Crippen LogP contribution in [0.4, 0.5) is 17.6 Å². The zero-order valence-corrected chi connectivity index (χ0v) is 35.7. The first-order valence-electron chi connectivity index (χ1n) is 15.8. The molecule has 4 aromatic heterocycles. The SMILES string of the molecule is Nc1nc(NCCO)c2ncn([C@@H]3O[C@@H]4COP(=O)([S-])O[C@H]5[C@@H](O)[C@H](n6cc7c8c(ncnc86)NCCC7)O[C@@H]5COP(=O)([S-])O[C@@H]3[C@@H]4O)c2n1.[Na+].[Na+]. The van der Waals surface area contributed by atoms with E-state index < -0.39 is 75.9 Å². The number of nitrogens with zero attached hydrogens (tertiary/aromatic N) is 7. The molecule has 53 heavy (non-hydrogen) atoms. The van der Waals surface area contributed by atoms with Gasteiger partial charge >= 0.3 is 59.1 Å². The van der Waals surface area contributed by atoms with Gasteiger partial charge in [0.2, 0.25) is 12.7 Å². The van der Waals surface area contributed by atoms with Crippen LogP contribution in [0.5, 0.6) is 0 Å². The van der Waals surface area contributed by atoms with E-state index in [4.69, 9.17) is 57.8 Å². The molecular weight excluding hydrogens is 800 g/mol. The number of nitrogen functional groups attached to an aromatic ring is 1. The van der Waals surface area contributed by atoms with Gasteiger partial charge in [-0.2, -0.15) is 9.97 Å². The molecule has 0 saturated carbocycles. The quantitative estimate of drug-likeness (QED) is 0.0621. The van der Waals surface area contributed by atoms with E-state index in [-0.39, 0.29) is 95.2 Å². The van der Waals surface area contributed by atoms with Crippen molar-refractivity contribution >= 4 is 77.9 Å². The predicted octanol–water partition coefficient (Wildman–Crippen LogP) is -5.73. The summed E-state index contributed by atoms with van der Waals surface area (Å²) in [5.41, 5.74) is 7.72. The summed E-state index contributed by atoms with van der Waals surface area (Å²) in [6.45, 7) is -9.40. The van der Waals surface area contributed by atoms with Crippen LogP contribution in [0.2, 0.25) is 0 Å². The van der Waals surface area contributed by atoms with Crippen molar-refractivity contribution in [2.45, 2.75) is 61.9 Å². The zero-order valence-electron chi connectivity index (χ0n) is 28.3. The normalized spacial score (nSPS) is 34.4. The smallest absolute Gasteiger partial charge is 0.660 e. The van der Waals surface area contributed by atoms with Gasteiger partial charge in [0.25, 0.3) is 0 Å². The van der Waals surface area contributed by atoms with E-state index in [1.54, 1.807) is 10.8 Å². The molecule has 2 unspecified atom stereocenters. The number of imidazole rings is 1. The van der Waals surface area contributed by atoms with Gasteiger partial charge in [0, 0.05) is 19.3 Å². The number of nitrogens with one attached hydrogen (secondary N) is 2. The minimum atomic E-state index is -4.48. The van der Waals surface area contributed by atoms with Gasteiger partial charge in [0.15, 0.2) is 36.2 Å². The molecule has 0 spiro atoms. The Morgan fingerprint density at radius 2 is 1.66 bits per heavy atom. The molecular formula is C26H32N10Na2O11P2S2. The van der Waals surface area contributed by atoms with Crippen molar-refractivity contribution in [2.24, 2.45) is 0 Å². The molecule has 4 aliphatic heterocycles. The van der Waals surface area contributed by atoms with Gasteiger partial charge in [-0.3, -0.25) is 13.7 Å². The van der Waals surface area contributed by atoms with Gasteiger partial charge in [0.05, 0.1) is 31.5 Å². The molecule has 4 aromatic rings. The number of aryl methyl sites for hydroxylation is 1. The molecule has 27 heteroatoms. The van der Waals surface area contributed by atoms with Gasteiger partial charge in [0.1, 0.15) is 54.4 Å². The average Bonchev–Trinajstić information content (AvgIpc) is 3.79. The predicted molar refractivity (Wildman–Crippen MR) is 181 cm³/mol. The molecule has 3 fully saturated rings. The van der Waals surface area contributed by atoms with Crippen LogP contribution in [0.3, 0.4) is 0 Å². The third kappa shape index (κ3) is 8.23. The summed E-state index contributed by atoms with van der Waals surface area (Å²) in [6, 6.07) is 0. The van der Waals surface area contributed by atoms with Crippen molar-refractivity contribution in [3.05, 3.63) is 24.4 Å². The molecule has 8 heterocycles. The molecule has 0 aromatic carbocycles. The Hall–Kier alpha value is -0.630. The second-order valence-corrected chi connectivity index (χ2v) is 17.6. The van der Waals surface area contributed by atoms with Crippen LogP contribution >= 0.6 is 13.6 Å². The molecule has 10 atom stereocenters. The number of hydrogen-bond donors (Lipinski definition) is 6. The average molecular weight is 833 g/mol. The number of ether oxygens (including phenoxy) is 2. The monoisotopic (exact) mass is 832 g/mol. The van der Waals surface area contributed by atoms with E-state index in [1.165, 1.54) is 17.2 Å². The van der Waals surface area contributed by atoms with Crippen LogP contribution < -0.4 is 75.5 Å². The topological polar surface area (TPSA) is 275 Å². The van der Waals surface area contributed by atoms with Gasteiger partial charge in [-0.25, -0.2) is 15.0 Å². The molecule has 0 amide bonds. The van der Waals surface area contributed by atoms with E-state index in [9.17, 15) is 24.4 Å². The Kier molecular flexibility index (Phi) is 13.2. The maximum atomic E-state index is 13.7. The Balaban J connectivity index is 0.00000240. The second-order valence-electron chi connectivity index (χ2n) is 12.2. The first kappa shape index (κ1) is 42.0. The van der Waals surface area contributed by atoms with Crippen LogP contribution in [-0.2, 0) is 67.6 Å². The number of anilines is 3. The van der Waals surface area contributed by atoms with Gasteiger partial charge in [-0.05, 0) is 18.4 Å². The second kappa shape index (κ2) is 16.7. The van der Waals surface area contributed by atoms with Crippen LogP contribution in [0.25, 0.3) is 22.2 Å². The molecule has 276 valence electrons. The van der Waals surface area contributed by atoms with Crippen LogP contribution in [0, 0.1) is 0 Å². The molecule has 8 rings (SSSR count). The number of rotatable bonds is 5. The Morgan fingerprint density at radius 1 is 0.943 bits per heavy atom. The Morgan fingerprint density at radius 3 is 2.42 bits per heavy atom. The van der Waals surface area contributed by atoms with Crippen LogP contribution in [0.1, 0.15) is 24.4 Å². The maximum Gasteiger partial charge on any atom is 1.00 e. The van der Waals surface area contributed by atoms with Crippen molar-refractivity contribution in [1.82, 2.24) is 34.1 Å². The van der Waals surface area contributed by atoms with Crippen molar-refractivity contribution < 1.29 is 111 Å². The fraction of sp³-hybridized carbons (Fsp3) is 0.577. The number of nitrogens with two attached hydrogens (primary N) is 1. The summed E-state index contributed by atoms with van der Waals surface area (Å²) >= 11 is 10.5. The summed E-state index contributed by atoms with van der Waals surface area (Å²) in [5.74, 6) is 0.713. The third-order valence-electron chi connectivity index (χ3n) is 8.91. The van der Waals surface area contributed by atoms with Crippen LogP contribution in [0.15, 0.2) is 18.9 Å². The molecule has 0 radical (unpaired) electrons. The Labute approximate surface area is 355 Å². The maximum absolute atomic E-state index is 13.7. The molecule has 21 nitrogen and oxygen atoms in total. The number of fused-ring (bicyclic) bond motifs is 4. The number of aliphatic hydroxyl groups excluding tert-OH is 3. The molecule has 2 bridgehead atoms. The minimum absolute atomic E-state index is 0. The van der Waals surface area contributed by atoms with E-state index in [0.29, 0.717) is 17.9 Å². The minimum Gasteiger partial charge on any atom is -0.660 e. The number of aliphatic hydroxyl groups is 3. The fourth-order valence-corrected chi connectivity index (χ4v) is 9.50. The van der Waals surface area contributed by atoms with Gasteiger partial charge in [-0.1, -0.05) is 0 Å². The fourth-order valence-electron chi connectivity index (χ4n) is 6.68. The van der Waals surface area contributed by atoms with E-state index in [1.807, 2.05) is 0 Å². The van der Waals surface area contributed by atoms with E-state index in [2.05, 4.69) is 35.6 Å². The summed E-state index contributed by atoms with van der Waals surface area (Å²) in [7, 11) is 0.